The average molecular weight is 695 g/mol. The zero-order valence-corrected chi connectivity index (χ0v) is 14.6. The van der Waals surface area contributed by atoms with Crippen molar-refractivity contribution in [1.82, 2.24) is 0 Å². The van der Waals surface area contributed by atoms with Gasteiger partial charge in [-0.1, -0.05) is 0 Å². The minimum absolute atomic E-state index is 0. The Kier molecular flexibility index (Phi) is 54.9. The second-order valence-electron chi connectivity index (χ2n) is 0.567. The van der Waals surface area contributed by atoms with E-state index >= 15 is 0 Å². The van der Waals surface area contributed by atoms with Crippen LogP contribution in [-0.4, -0.2) is 5.48 Å². The molecule has 14 heavy (non-hydrogen) atoms. The molecule has 0 aromatic carbocycles. The van der Waals surface area contributed by atoms with Crippen molar-refractivity contribution in [1.29, 1.82) is 0 Å². The van der Waals surface area contributed by atoms with Gasteiger partial charge in [0, 0.05) is 0 Å². The Hall–Kier alpha value is 3.37. The van der Waals surface area contributed by atoms with Gasteiger partial charge >= 0.3 is 49.4 Å². The molecular formula is H2EuI3O10. The van der Waals surface area contributed by atoms with Crippen LogP contribution in [0.3, 0.4) is 0 Å². The smallest absolute Gasteiger partial charge is 0.427 e. The zero-order chi connectivity index (χ0) is 10.7. The molecule has 0 rings (SSSR count). The van der Waals surface area contributed by atoms with Crippen LogP contribution in [0.25, 0.3) is 0 Å². The summed E-state index contributed by atoms with van der Waals surface area (Å²) in [6, 6.07) is 0. The molecule has 0 saturated carbocycles. The Morgan fingerprint density at radius 2 is 0.429 bits per heavy atom. The zero-order valence-electron chi connectivity index (χ0n) is 5.69. The minimum Gasteiger partial charge on any atom is -0.427 e. The van der Waals surface area contributed by atoms with Gasteiger partial charge in [0.05, 0.1) is 0 Å². The quantitative estimate of drug-likeness (QED) is 0.219. The molecule has 0 atom stereocenters. The molecule has 0 spiro atoms. The van der Waals surface area contributed by atoms with Gasteiger partial charge < -0.3 is 36.4 Å². The van der Waals surface area contributed by atoms with Crippen LogP contribution in [0.5, 0.6) is 0 Å². The summed E-state index contributed by atoms with van der Waals surface area (Å²) in [4.78, 5) is 0. The topological polar surface area (TPSA) is 239 Å². The Morgan fingerprint density at radius 1 is 0.429 bits per heavy atom. The molecule has 0 unspecified atom stereocenters. The van der Waals surface area contributed by atoms with Gasteiger partial charge in [0.2, 0.25) is 0 Å². The van der Waals surface area contributed by atoms with Gasteiger partial charge in [-0.15, -0.1) is 0 Å². The monoisotopic (exact) mass is 696 g/mol. The number of rotatable bonds is 0. The van der Waals surface area contributed by atoms with E-state index in [2.05, 4.69) is 0 Å². The van der Waals surface area contributed by atoms with Gasteiger partial charge in [0.25, 0.3) is 63.2 Å². The van der Waals surface area contributed by atoms with Crippen LogP contribution in [-0.2, 0) is 0 Å². The minimum atomic E-state index is -4.01. The van der Waals surface area contributed by atoms with Crippen LogP contribution < -0.4 is 94.1 Å². The number of hydrogen-bond donors (Lipinski definition) is 0. The van der Waals surface area contributed by atoms with Crippen LogP contribution in [0.2, 0.25) is 0 Å². The van der Waals surface area contributed by atoms with Gasteiger partial charge in [-0.2, -0.15) is 0 Å². The fourth-order valence-electron chi connectivity index (χ4n) is 0. The number of hydrogen-bond acceptors (Lipinski definition) is 9. The molecule has 0 aliphatic rings. The summed E-state index contributed by atoms with van der Waals surface area (Å²) < 4.78 is 77.2. The molecule has 0 aliphatic heterocycles. The summed E-state index contributed by atoms with van der Waals surface area (Å²) >= 11 is -12.0. The van der Waals surface area contributed by atoms with E-state index in [-0.39, 0.29) is 54.9 Å². The van der Waals surface area contributed by atoms with Gasteiger partial charge in [0.15, 0.2) is 0 Å². The molecule has 90 valence electrons. The van der Waals surface area contributed by atoms with Crippen molar-refractivity contribution in [2.24, 2.45) is 0 Å². The molecule has 2 N–H and O–H groups in total. The molecule has 0 radical (unpaired) electrons. The Balaban J connectivity index is -0.0000000270. The Morgan fingerprint density at radius 3 is 0.429 bits per heavy atom. The summed E-state index contributed by atoms with van der Waals surface area (Å²) in [7, 11) is 0. The van der Waals surface area contributed by atoms with E-state index < -0.39 is 63.2 Å². The first-order valence-corrected chi connectivity index (χ1v) is 9.32. The van der Waals surface area contributed by atoms with Crippen molar-refractivity contribution in [3.8, 4) is 0 Å². The molecule has 0 aromatic heterocycles. The van der Waals surface area contributed by atoms with E-state index in [1.54, 1.807) is 0 Å². The first-order valence-electron chi connectivity index (χ1n) is 1.39. The third-order valence-electron chi connectivity index (χ3n) is 0. The maximum Gasteiger partial charge on any atom is 3.00 e. The number of halogens is 3. The van der Waals surface area contributed by atoms with E-state index in [1.165, 1.54) is 0 Å². The molecule has 0 bridgehead atoms. The third-order valence-corrected chi connectivity index (χ3v) is 0. The van der Waals surface area contributed by atoms with E-state index in [0.29, 0.717) is 0 Å². The van der Waals surface area contributed by atoms with E-state index in [4.69, 9.17) is 30.9 Å². The van der Waals surface area contributed by atoms with E-state index in [9.17, 15) is 0 Å². The van der Waals surface area contributed by atoms with Gasteiger partial charge in [-0.05, 0) is 0 Å². The van der Waals surface area contributed by atoms with Crippen molar-refractivity contribution in [2.45, 2.75) is 0 Å². The molecule has 0 fully saturated rings. The second kappa shape index (κ2) is 25.3. The SMILES string of the molecule is O.[Eu+3].[O-][I+2]([O-])[O-].[O-][I+2]([O-])[O-].[O-][I+2]([O-])[O-]. The Labute approximate surface area is 146 Å². The van der Waals surface area contributed by atoms with Crippen LogP contribution in [0.15, 0.2) is 0 Å². The fraction of sp³-hybridized carbons (Fsp3) is 0. The van der Waals surface area contributed by atoms with Gasteiger partial charge in [0.1, 0.15) is 0 Å². The summed E-state index contributed by atoms with van der Waals surface area (Å²) in [6.45, 7) is 0. The second-order valence-corrected chi connectivity index (χ2v) is 3.80. The van der Waals surface area contributed by atoms with Crippen molar-refractivity contribution < 1.29 is 149 Å². The molecule has 0 saturated heterocycles. The first-order chi connectivity index (χ1) is 5.20. The molecule has 0 aromatic rings. The maximum absolute atomic E-state index is 8.57. The maximum atomic E-state index is 8.57. The predicted molar refractivity (Wildman–Crippen MR) is 3.61 cm³/mol. The largest absolute Gasteiger partial charge is 3.00 e. The molecule has 0 amide bonds. The molecule has 0 aliphatic carbocycles. The van der Waals surface area contributed by atoms with Crippen LogP contribution >= 0.6 is 0 Å². The Bertz CT molecular complexity index is 43.9. The standard InChI is InChI=1S/Eu.3IO3.H2O/c;3*2-1(3)4;/h;;;;1H2/q+3;3*-1;. The van der Waals surface area contributed by atoms with Crippen LogP contribution in [0.4, 0.5) is 0 Å². The molecule has 10 nitrogen and oxygen atoms in total. The summed E-state index contributed by atoms with van der Waals surface area (Å²) in [5.74, 6) is 0. The van der Waals surface area contributed by atoms with Crippen LogP contribution in [0, 0.1) is 49.4 Å². The average Bonchev–Trinajstić information content (AvgIpc) is 1.54. The molecule has 0 heterocycles. The van der Waals surface area contributed by atoms with Crippen molar-refractivity contribution in [2.75, 3.05) is 0 Å². The van der Waals surface area contributed by atoms with E-state index in [1.807, 2.05) is 0 Å². The normalized spacial score (nSPS) is 7.71. The first kappa shape index (κ1) is 30.4. The van der Waals surface area contributed by atoms with Gasteiger partial charge in [-0.25, -0.2) is 0 Å². The molecular weight excluding hydrogens is 693 g/mol. The van der Waals surface area contributed by atoms with E-state index in [0.717, 1.165) is 0 Å². The summed E-state index contributed by atoms with van der Waals surface area (Å²) in [5.41, 5.74) is 0. The van der Waals surface area contributed by atoms with Crippen molar-refractivity contribution >= 4 is 0 Å². The summed E-state index contributed by atoms with van der Waals surface area (Å²) in [6.07, 6.45) is 0. The third kappa shape index (κ3) is 279. The predicted octanol–water partition coefficient (Wildman–Crippen LogP) is -20.5. The fourth-order valence-corrected chi connectivity index (χ4v) is 0. The van der Waals surface area contributed by atoms with Crippen molar-refractivity contribution in [3.63, 3.8) is 0 Å². The van der Waals surface area contributed by atoms with Crippen molar-refractivity contribution in [3.05, 3.63) is 0 Å². The molecule has 14 heteroatoms. The van der Waals surface area contributed by atoms with Gasteiger partial charge in [-0.3, -0.25) is 0 Å². The summed E-state index contributed by atoms with van der Waals surface area (Å²) in [5, 5.41) is 0. The van der Waals surface area contributed by atoms with Crippen LogP contribution in [0.1, 0.15) is 0 Å².